The minimum atomic E-state index is -0.792. The van der Waals surface area contributed by atoms with E-state index in [9.17, 15) is 24.0 Å². The van der Waals surface area contributed by atoms with E-state index in [2.05, 4.69) is 5.32 Å². The first-order chi connectivity index (χ1) is 20.8. The average molecular weight is 634 g/mol. The molecule has 3 heterocycles. The number of benzene rings is 3. The second-order valence-corrected chi connectivity index (χ2v) is 12.5. The fraction of sp³-hybridized carbons (Fsp3) is 0.194. The lowest BCUT2D eigenvalue weighted by Crippen LogP contribution is -2.33. The van der Waals surface area contributed by atoms with E-state index in [4.69, 9.17) is 16.3 Å². The van der Waals surface area contributed by atoms with Crippen LogP contribution in [0, 0.1) is 5.92 Å². The maximum Gasteiger partial charge on any atom is 0.338 e. The largest absolute Gasteiger partial charge is 0.462 e. The zero-order valence-corrected chi connectivity index (χ0v) is 25.1. The van der Waals surface area contributed by atoms with Crippen molar-refractivity contribution in [3.8, 4) is 0 Å². The SMILES string of the molecule is CCOC(=O)c1ccc(NC(=O)Cn2c3c(sc2=O)[C@@H](c2ccccc2)[C@@H]2C(=O)N(c4ccc(Cl)cc4)C(=O)[C@@H]2S3)cc1. The first kappa shape index (κ1) is 28.9. The van der Waals surface area contributed by atoms with Gasteiger partial charge in [0.05, 0.1) is 28.8 Å². The Morgan fingerprint density at radius 1 is 0.930 bits per heavy atom. The zero-order valence-electron chi connectivity index (χ0n) is 22.7. The number of hydrogen-bond donors (Lipinski definition) is 1. The Balaban J connectivity index is 1.32. The number of carbonyl (C=O) groups excluding carboxylic acids is 4. The van der Waals surface area contributed by atoms with Crippen molar-refractivity contribution in [1.29, 1.82) is 0 Å². The molecule has 218 valence electrons. The minimum Gasteiger partial charge on any atom is -0.462 e. The molecule has 0 aliphatic carbocycles. The number of thioether (sulfide) groups is 1. The van der Waals surface area contributed by atoms with Gasteiger partial charge in [0.2, 0.25) is 17.7 Å². The predicted octanol–water partition coefficient (Wildman–Crippen LogP) is 5.17. The van der Waals surface area contributed by atoms with Crippen LogP contribution in [0.15, 0.2) is 88.7 Å². The average Bonchev–Trinajstić information content (AvgIpc) is 3.44. The first-order valence-corrected chi connectivity index (χ1v) is 15.5. The Hall–Kier alpha value is -4.19. The number of hydrogen-bond acceptors (Lipinski definition) is 8. The second kappa shape index (κ2) is 11.8. The number of amides is 3. The molecule has 4 aromatic rings. The Bertz CT molecular complexity index is 1790. The molecule has 9 nitrogen and oxygen atoms in total. The fourth-order valence-corrected chi connectivity index (χ4v) is 8.27. The second-order valence-electron chi connectivity index (χ2n) is 9.91. The van der Waals surface area contributed by atoms with Gasteiger partial charge in [-0.1, -0.05) is 65.0 Å². The number of aromatic nitrogens is 1. The minimum absolute atomic E-state index is 0.251. The van der Waals surface area contributed by atoms with Crippen molar-refractivity contribution in [3.05, 3.63) is 110 Å². The molecule has 2 aliphatic heterocycles. The Labute approximate surface area is 259 Å². The number of fused-ring (bicyclic) bond motifs is 2. The van der Waals surface area contributed by atoms with E-state index in [-0.39, 0.29) is 29.8 Å². The molecule has 43 heavy (non-hydrogen) atoms. The summed E-state index contributed by atoms with van der Waals surface area (Å²) in [5.41, 5.74) is 2.03. The summed E-state index contributed by atoms with van der Waals surface area (Å²) >= 11 is 8.18. The van der Waals surface area contributed by atoms with E-state index in [1.165, 1.54) is 9.47 Å². The van der Waals surface area contributed by atoms with Crippen molar-refractivity contribution in [2.75, 3.05) is 16.8 Å². The van der Waals surface area contributed by atoms with Gasteiger partial charge in [0, 0.05) is 21.5 Å². The van der Waals surface area contributed by atoms with Crippen LogP contribution in [-0.2, 0) is 25.7 Å². The lowest BCUT2D eigenvalue weighted by Gasteiger charge is -2.30. The summed E-state index contributed by atoms with van der Waals surface area (Å²) in [7, 11) is 0. The van der Waals surface area contributed by atoms with E-state index < -0.39 is 29.0 Å². The summed E-state index contributed by atoms with van der Waals surface area (Å²) < 4.78 is 6.35. The first-order valence-electron chi connectivity index (χ1n) is 13.4. The summed E-state index contributed by atoms with van der Waals surface area (Å²) in [5.74, 6) is -2.93. The molecule has 12 heteroatoms. The van der Waals surface area contributed by atoms with E-state index in [0.29, 0.717) is 31.9 Å². The maximum absolute atomic E-state index is 13.9. The molecule has 1 saturated heterocycles. The molecular weight excluding hydrogens is 610 g/mol. The molecule has 0 unspecified atom stereocenters. The van der Waals surface area contributed by atoms with Gasteiger partial charge in [0.25, 0.3) is 0 Å². The highest BCUT2D eigenvalue weighted by Gasteiger charge is 2.56. The Morgan fingerprint density at radius 2 is 1.63 bits per heavy atom. The number of nitrogens with zero attached hydrogens (tertiary/aromatic N) is 2. The number of esters is 1. The van der Waals surface area contributed by atoms with Gasteiger partial charge in [0.15, 0.2) is 0 Å². The van der Waals surface area contributed by atoms with Gasteiger partial charge < -0.3 is 10.1 Å². The van der Waals surface area contributed by atoms with E-state index >= 15 is 0 Å². The highest BCUT2D eigenvalue weighted by molar-refractivity contribution is 8.00. The van der Waals surface area contributed by atoms with Crippen molar-refractivity contribution in [2.24, 2.45) is 5.92 Å². The number of ether oxygens (including phenoxy) is 1. The summed E-state index contributed by atoms with van der Waals surface area (Å²) in [5, 5.41) is 2.94. The van der Waals surface area contributed by atoms with Crippen molar-refractivity contribution >= 4 is 69.8 Å². The van der Waals surface area contributed by atoms with Crippen LogP contribution in [0.3, 0.4) is 0 Å². The van der Waals surface area contributed by atoms with Crippen LogP contribution in [0.4, 0.5) is 11.4 Å². The molecule has 1 fully saturated rings. The van der Waals surface area contributed by atoms with Gasteiger partial charge in [0.1, 0.15) is 11.8 Å². The summed E-state index contributed by atoms with van der Waals surface area (Å²) in [6.07, 6.45) is 0. The van der Waals surface area contributed by atoms with Crippen LogP contribution in [0.1, 0.15) is 33.6 Å². The van der Waals surface area contributed by atoms with Crippen molar-refractivity contribution in [1.82, 2.24) is 4.57 Å². The van der Waals surface area contributed by atoms with Gasteiger partial charge >= 0.3 is 10.8 Å². The highest BCUT2D eigenvalue weighted by Crippen LogP contribution is 2.53. The Kier molecular flexibility index (Phi) is 7.95. The van der Waals surface area contributed by atoms with Crippen LogP contribution < -0.4 is 15.1 Å². The number of anilines is 2. The van der Waals surface area contributed by atoms with Crippen LogP contribution in [0.2, 0.25) is 5.02 Å². The molecule has 0 radical (unpaired) electrons. The lowest BCUT2D eigenvalue weighted by atomic mass is 9.83. The molecule has 3 amide bonds. The molecule has 0 bridgehead atoms. The third-order valence-corrected chi connectivity index (χ3v) is 10.1. The normalized spacial score (nSPS) is 19.1. The highest BCUT2D eigenvalue weighted by atomic mass is 35.5. The lowest BCUT2D eigenvalue weighted by molar-refractivity contribution is -0.122. The van der Waals surface area contributed by atoms with Gasteiger partial charge in [-0.15, -0.1) is 0 Å². The third-order valence-electron chi connectivity index (χ3n) is 7.27. The van der Waals surface area contributed by atoms with Crippen molar-refractivity contribution < 1.29 is 23.9 Å². The molecule has 3 aromatic carbocycles. The molecule has 3 atom stereocenters. The Morgan fingerprint density at radius 3 is 2.30 bits per heavy atom. The van der Waals surface area contributed by atoms with Crippen molar-refractivity contribution in [2.45, 2.75) is 29.7 Å². The van der Waals surface area contributed by atoms with E-state index in [1.54, 1.807) is 55.5 Å². The molecule has 2 aliphatic rings. The third kappa shape index (κ3) is 5.39. The van der Waals surface area contributed by atoms with Gasteiger partial charge in [-0.05, 0) is 61.0 Å². The van der Waals surface area contributed by atoms with Crippen LogP contribution in [-0.4, -0.2) is 40.1 Å². The van der Waals surface area contributed by atoms with E-state index in [1.807, 2.05) is 30.3 Å². The summed E-state index contributed by atoms with van der Waals surface area (Å²) in [4.78, 5) is 67.5. The number of carbonyl (C=O) groups is 4. The summed E-state index contributed by atoms with van der Waals surface area (Å²) in [6, 6.07) is 22.1. The van der Waals surface area contributed by atoms with Crippen LogP contribution in [0.25, 0.3) is 0 Å². The molecular formula is C31H24ClN3O6S2. The van der Waals surface area contributed by atoms with Crippen LogP contribution >= 0.6 is 34.7 Å². The summed E-state index contributed by atoms with van der Waals surface area (Å²) in [6.45, 7) is 1.67. The molecule has 1 aromatic heterocycles. The van der Waals surface area contributed by atoms with Gasteiger partial charge in [-0.2, -0.15) is 0 Å². The number of thiazole rings is 1. The molecule has 6 rings (SSSR count). The maximum atomic E-state index is 13.9. The number of imide groups is 1. The monoisotopic (exact) mass is 633 g/mol. The topological polar surface area (TPSA) is 115 Å². The van der Waals surface area contributed by atoms with Gasteiger partial charge in [-0.3, -0.25) is 23.7 Å². The zero-order chi connectivity index (χ0) is 30.2. The standard InChI is InChI=1S/C31H24ClN3O6S2/c1-2-41-30(39)18-8-12-20(13-9-18)33-22(36)16-34-29-26(43-31(34)40)23(17-6-4-3-5-7-17)24-25(42-29)28(38)35(27(24)37)21-14-10-19(32)11-15-21/h3-15,23-25H,2,16H2,1H3,(H,33,36)/t23-,24-,25+/m0/s1. The number of nitrogens with one attached hydrogen (secondary N) is 1. The molecule has 0 saturated carbocycles. The molecule has 0 spiro atoms. The quantitative estimate of drug-likeness (QED) is 0.220. The smallest absolute Gasteiger partial charge is 0.338 e. The number of rotatable bonds is 7. The predicted molar refractivity (Wildman–Crippen MR) is 165 cm³/mol. The fourth-order valence-electron chi connectivity index (χ4n) is 5.37. The van der Waals surface area contributed by atoms with E-state index in [0.717, 1.165) is 28.7 Å². The number of halogens is 1. The van der Waals surface area contributed by atoms with Crippen molar-refractivity contribution in [3.63, 3.8) is 0 Å². The van der Waals surface area contributed by atoms with Gasteiger partial charge in [-0.25, -0.2) is 9.69 Å². The molecule has 1 N–H and O–H groups in total. The van der Waals surface area contributed by atoms with Crippen LogP contribution in [0.5, 0.6) is 0 Å².